The molecule has 0 saturated heterocycles. The van der Waals surface area contributed by atoms with E-state index in [9.17, 15) is 8.78 Å². The quantitative estimate of drug-likeness (QED) is 0.760. The SMILES string of the molecule is Cc1cccc(-c2cnc(Nc3ccc(F)cc3F)o2)c1. The first-order valence-corrected chi connectivity index (χ1v) is 6.37. The van der Waals surface area contributed by atoms with Gasteiger partial charge in [-0.1, -0.05) is 23.8 Å². The summed E-state index contributed by atoms with van der Waals surface area (Å²) < 4.78 is 31.9. The molecule has 0 aliphatic rings. The van der Waals surface area contributed by atoms with Crippen molar-refractivity contribution >= 4 is 11.7 Å². The van der Waals surface area contributed by atoms with Gasteiger partial charge in [0.2, 0.25) is 0 Å². The standard InChI is InChI=1S/C16H12F2N2O/c1-10-3-2-4-11(7-10)15-9-19-16(21-15)20-14-6-5-12(17)8-13(14)18/h2-9H,1H3,(H,19,20). The van der Waals surface area contributed by atoms with Gasteiger partial charge in [0.25, 0.3) is 6.01 Å². The van der Waals surface area contributed by atoms with Crippen molar-refractivity contribution in [3.05, 3.63) is 65.9 Å². The van der Waals surface area contributed by atoms with E-state index in [1.165, 1.54) is 6.07 Å². The van der Waals surface area contributed by atoms with Crippen molar-refractivity contribution in [3.8, 4) is 11.3 Å². The second kappa shape index (κ2) is 5.36. The van der Waals surface area contributed by atoms with Crippen LogP contribution in [-0.4, -0.2) is 4.98 Å². The van der Waals surface area contributed by atoms with Gasteiger partial charge in [-0.3, -0.25) is 0 Å². The zero-order chi connectivity index (χ0) is 14.8. The van der Waals surface area contributed by atoms with Crippen LogP contribution in [0.2, 0.25) is 0 Å². The van der Waals surface area contributed by atoms with Crippen LogP contribution < -0.4 is 5.32 Å². The van der Waals surface area contributed by atoms with E-state index in [1.807, 2.05) is 31.2 Å². The lowest BCUT2D eigenvalue weighted by atomic mass is 10.1. The molecular weight excluding hydrogens is 274 g/mol. The maximum absolute atomic E-state index is 13.5. The zero-order valence-corrected chi connectivity index (χ0v) is 11.2. The lowest BCUT2D eigenvalue weighted by Gasteiger charge is -2.03. The predicted molar refractivity (Wildman–Crippen MR) is 76.3 cm³/mol. The summed E-state index contributed by atoms with van der Waals surface area (Å²) in [5, 5.41) is 2.68. The van der Waals surface area contributed by atoms with E-state index >= 15 is 0 Å². The van der Waals surface area contributed by atoms with Gasteiger partial charge < -0.3 is 9.73 Å². The third kappa shape index (κ3) is 2.91. The fourth-order valence-electron chi connectivity index (χ4n) is 1.97. The lowest BCUT2D eigenvalue weighted by molar-refractivity contribution is 0.576. The molecule has 1 aromatic heterocycles. The molecule has 0 spiro atoms. The van der Waals surface area contributed by atoms with Gasteiger partial charge in [0, 0.05) is 11.6 Å². The molecule has 0 radical (unpaired) electrons. The summed E-state index contributed by atoms with van der Waals surface area (Å²) in [6.07, 6.45) is 1.55. The largest absolute Gasteiger partial charge is 0.423 e. The Kier molecular flexibility index (Phi) is 3.39. The second-order valence-corrected chi connectivity index (χ2v) is 4.65. The van der Waals surface area contributed by atoms with Gasteiger partial charge in [-0.05, 0) is 25.1 Å². The smallest absolute Gasteiger partial charge is 0.299 e. The van der Waals surface area contributed by atoms with Gasteiger partial charge in [-0.2, -0.15) is 0 Å². The highest BCUT2D eigenvalue weighted by atomic mass is 19.1. The monoisotopic (exact) mass is 286 g/mol. The van der Waals surface area contributed by atoms with Gasteiger partial charge >= 0.3 is 0 Å². The Bertz CT molecular complexity index is 783. The van der Waals surface area contributed by atoms with Crippen LogP contribution >= 0.6 is 0 Å². The molecule has 2 aromatic carbocycles. The van der Waals surface area contributed by atoms with Crippen LogP contribution in [0.3, 0.4) is 0 Å². The van der Waals surface area contributed by atoms with Gasteiger partial charge in [0.05, 0.1) is 11.9 Å². The lowest BCUT2D eigenvalue weighted by Crippen LogP contribution is -1.94. The number of nitrogens with zero attached hydrogens (tertiary/aromatic N) is 1. The highest BCUT2D eigenvalue weighted by molar-refractivity contribution is 5.60. The van der Waals surface area contributed by atoms with Crippen molar-refractivity contribution in [1.29, 1.82) is 0 Å². The van der Waals surface area contributed by atoms with Gasteiger partial charge in [-0.25, -0.2) is 13.8 Å². The Morgan fingerprint density at radius 3 is 2.71 bits per heavy atom. The topological polar surface area (TPSA) is 38.1 Å². The van der Waals surface area contributed by atoms with E-state index in [2.05, 4.69) is 10.3 Å². The predicted octanol–water partition coefficient (Wildman–Crippen LogP) is 4.67. The summed E-state index contributed by atoms with van der Waals surface area (Å²) in [5.74, 6) is -0.764. The molecule has 3 rings (SSSR count). The Labute approximate surface area is 120 Å². The molecule has 106 valence electrons. The number of rotatable bonds is 3. The highest BCUT2D eigenvalue weighted by Gasteiger charge is 2.09. The number of benzene rings is 2. The summed E-state index contributed by atoms with van der Waals surface area (Å²) >= 11 is 0. The van der Waals surface area contributed by atoms with Gasteiger partial charge in [0.1, 0.15) is 11.6 Å². The molecule has 0 amide bonds. The Morgan fingerprint density at radius 1 is 1.10 bits per heavy atom. The average molecular weight is 286 g/mol. The number of aromatic nitrogens is 1. The molecule has 1 heterocycles. The number of aryl methyl sites for hydroxylation is 1. The number of halogens is 2. The Balaban J connectivity index is 1.85. The van der Waals surface area contributed by atoms with Crippen LogP contribution in [0.25, 0.3) is 11.3 Å². The first kappa shape index (κ1) is 13.3. The summed E-state index contributed by atoms with van der Waals surface area (Å²) in [6, 6.07) is 11.2. The third-order valence-electron chi connectivity index (χ3n) is 2.98. The van der Waals surface area contributed by atoms with E-state index < -0.39 is 11.6 Å². The minimum atomic E-state index is -0.703. The zero-order valence-electron chi connectivity index (χ0n) is 11.2. The highest BCUT2D eigenvalue weighted by Crippen LogP contribution is 2.26. The number of hydrogen-bond donors (Lipinski definition) is 1. The van der Waals surface area contributed by atoms with E-state index in [1.54, 1.807) is 6.20 Å². The fraction of sp³-hybridized carbons (Fsp3) is 0.0625. The van der Waals surface area contributed by atoms with Crippen molar-refractivity contribution in [2.24, 2.45) is 0 Å². The summed E-state index contributed by atoms with van der Waals surface area (Å²) in [5.41, 5.74) is 2.09. The molecule has 21 heavy (non-hydrogen) atoms. The van der Waals surface area contributed by atoms with Crippen LogP contribution in [0.1, 0.15) is 5.56 Å². The molecule has 0 aliphatic heterocycles. The van der Waals surface area contributed by atoms with Crippen LogP contribution in [0.15, 0.2) is 53.1 Å². The molecular formula is C16H12F2N2O. The molecule has 0 aliphatic carbocycles. The first-order valence-electron chi connectivity index (χ1n) is 6.37. The number of hydrogen-bond acceptors (Lipinski definition) is 3. The van der Waals surface area contributed by atoms with Crippen molar-refractivity contribution in [2.45, 2.75) is 6.92 Å². The van der Waals surface area contributed by atoms with Crippen molar-refractivity contribution in [1.82, 2.24) is 4.98 Å². The maximum Gasteiger partial charge on any atom is 0.299 e. The molecule has 3 aromatic rings. The Morgan fingerprint density at radius 2 is 1.95 bits per heavy atom. The van der Waals surface area contributed by atoms with Crippen LogP contribution in [0.4, 0.5) is 20.5 Å². The molecule has 0 unspecified atom stereocenters. The maximum atomic E-state index is 13.5. The molecule has 0 atom stereocenters. The molecule has 3 nitrogen and oxygen atoms in total. The summed E-state index contributed by atoms with van der Waals surface area (Å²) in [6.45, 7) is 1.98. The molecule has 1 N–H and O–H groups in total. The number of anilines is 2. The summed E-state index contributed by atoms with van der Waals surface area (Å²) in [4.78, 5) is 4.04. The number of oxazole rings is 1. The molecule has 0 bridgehead atoms. The van der Waals surface area contributed by atoms with E-state index in [-0.39, 0.29) is 11.7 Å². The Hall–Kier alpha value is -2.69. The first-order chi connectivity index (χ1) is 10.1. The van der Waals surface area contributed by atoms with E-state index in [4.69, 9.17) is 4.42 Å². The third-order valence-corrected chi connectivity index (χ3v) is 2.98. The molecule has 0 fully saturated rings. The van der Waals surface area contributed by atoms with Crippen LogP contribution in [0, 0.1) is 18.6 Å². The summed E-state index contributed by atoms with van der Waals surface area (Å²) in [7, 11) is 0. The minimum Gasteiger partial charge on any atom is -0.423 e. The minimum absolute atomic E-state index is 0.106. The normalized spacial score (nSPS) is 10.6. The van der Waals surface area contributed by atoms with Gasteiger partial charge in [-0.15, -0.1) is 0 Å². The fourth-order valence-corrected chi connectivity index (χ4v) is 1.97. The van der Waals surface area contributed by atoms with E-state index in [0.717, 1.165) is 23.3 Å². The number of nitrogens with one attached hydrogen (secondary N) is 1. The van der Waals surface area contributed by atoms with Crippen LogP contribution in [-0.2, 0) is 0 Å². The van der Waals surface area contributed by atoms with Crippen molar-refractivity contribution in [3.63, 3.8) is 0 Å². The molecule has 5 heteroatoms. The van der Waals surface area contributed by atoms with E-state index in [0.29, 0.717) is 5.76 Å². The van der Waals surface area contributed by atoms with Crippen molar-refractivity contribution in [2.75, 3.05) is 5.32 Å². The average Bonchev–Trinajstić information content (AvgIpc) is 2.91. The second-order valence-electron chi connectivity index (χ2n) is 4.65. The van der Waals surface area contributed by atoms with Gasteiger partial charge in [0.15, 0.2) is 5.76 Å². The van der Waals surface area contributed by atoms with Crippen LogP contribution in [0.5, 0.6) is 0 Å². The van der Waals surface area contributed by atoms with Crippen molar-refractivity contribution < 1.29 is 13.2 Å². The molecule has 0 saturated carbocycles.